The second-order valence-electron chi connectivity index (χ2n) is 8.85. The molecule has 1 aliphatic carbocycles. The van der Waals surface area contributed by atoms with Crippen molar-refractivity contribution in [2.45, 2.75) is 51.0 Å². The van der Waals surface area contributed by atoms with E-state index in [0.29, 0.717) is 11.5 Å². The van der Waals surface area contributed by atoms with Crippen LogP contribution in [0.4, 0.5) is 10.1 Å². The largest absolute Gasteiger partial charge is 0.371 e. The molecular weight excluding hydrogens is 375 g/mol. The quantitative estimate of drug-likeness (QED) is 0.579. The molecule has 1 aromatic carbocycles. The van der Waals surface area contributed by atoms with Gasteiger partial charge in [-0.2, -0.15) is 0 Å². The van der Waals surface area contributed by atoms with Gasteiger partial charge in [0.1, 0.15) is 11.6 Å². The molecule has 1 aliphatic heterocycles. The molecule has 5 heteroatoms. The highest BCUT2D eigenvalue weighted by atomic mass is 19.1. The highest BCUT2D eigenvalue weighted by Crippen LogP contribution is 2.49. The monoisotopic (exact) mass is 402 g/mol. The highest BCUT2D eigenvalue weighted by molar-refractivity contribution is 5.67. The summed E-state index contributed by atoms with van der Waals surface area (Å²) in [4.78, 5) is 9.43. The molecule has 4 nitrogen and oxygen atoms in total. The average Bonchev–Trinajstić information content (AvgIpc) is 3.21. The lowest BCUT2D eigenvalue weighted by molar-refractivity contribution is 0.279. The van der Waals surface area contributed by atoms with E-state index in [9.17, 15) is 4.39 Å². The number of hydrogen-bond acceptors (Lipinski definition) is 3. The first-order valence-corrected chi connectivity index (χ1v) is 10.8. The molecule has 0 bridgehead atoms. The topological polar surface area (TPSA) is 42.7 Å². The van der Waals surface area contributed by atoms with Crippen molar-refractivity contribution in [3.63, 3.8) is 0 Å². The molecule has 0 unspecified atom stereocenters. The van der Waals surface area contributed by atoms with Crippen LogP contribution in [-0.4, -0.2) is 14.5 Å². The van der Waals surface area contributed by atoms with E-state index in [1.807, 2.05) is 30.6 Å². The Morgan fingerprint density at radius 2 is 1.93 bits per heavy atom. The summed E-state index contributed by atoms with van der Waals surface area (Å²) in [7, 11) is 0. The van der Waals surface area contributed by atoms with Gasteiger partial charge in [0.05, 0.1) is 23.1 Å². The van der Waals surface area contributed by atoms with Gasteiger partial charge in [0.2, 0.25) is 0 Å². The van der Waals surface area contributed by atoms with E-state index in [4.69, 9.17) is 4.98 Å². The summed E-state index contributed by atoms with van der Waals surface area (Å²) >= 11 is 0. The van der Waals surface area contributed by atoms with E-state index in [0.717, 1.165) is 48.6 Å². The van der Waals surface area contributed by atoms with E-state index < -0.39 is 0 Å². The summed E-state index contributed by atoms with van der Waals surface area (Å²) in [6, 6.07) is 11.0. The number of pyridine rings is 1. The van der Waals surface area contributed by atoms with Crippen LogP contribution in [0.2, 0.25) is 0 Å². The van der Waals surface area contributed by atoms with Crippen LogP contribution in [0, 0.1) is 11.7 Å². The van der Waals surface area contributed by atoms with Crippen LogP contribution in [0.15, 0.2) is 55.4 Å². The molecule has 2 aromatic heterocycles. The van der Waals surface area contributed by atoms with Gasteiger partial charge >= 0.3 is 0 Å². The third-order valence-electron chi connectivity index (χ3n) is 6.72. The summed E-state index contributed by atoms with van der Waals surface area (Å²) in [5.41, 5.74) is 3.62. The van der Waals surface area contributed by atoms with Gasteiger partial charge < -0.3 is 5.32 Å². The Kier molecular flexibility index (Phi) is 4.49. The Bertz CT molecular complexity index is 1110. The van der Waals surface area contributed by atoms with Gasteiger partial charge in [-0.15, -0.1) is 0 Å². The van der Waals surface area contributed by atoms with E-state index >= 15 is 0 Å². The first-order valence-electron chi connectivity index (χ1n) is 10.8. The van der Waals surface area contributed by atoms with Crippen molar-refractivity contribution >= 4 is 11.3 Å². The van der Waals surface area contributed by atoms with E-state index in [1.165, 1.54) is 11.8 Å². The smallest absolute Gasteiger partial charge is 0.161 e. The summed E-state index contributed by atoms with van der Waals surface area (Å²) in [5.74, 6) is 2.38. The number of anilines is 1. The lowest BCUT2D eigenvalue weighted by Crippen LogP contribution is -2.44. The van der Waals surface area contributed by atoms with Gasteiger partial charge in [-0.25, -0.2) is 14.4 Å². The first-order chi connectivity index (χ1) is 14.5. The van der Waals surface area contributed by atoms with Gasteiger partial charge in [0.25, 0.3) is 0 Å². The molecule has 1 saturated carbocycles. The fourth-order valence-corrected chi connectivity index (χ4v) is 5.11. The van der Waals surface area contributed by atoms with Gasteiger partial charge in [0.15, 0.2) is 5.82 Å². The van der Waals surface area contributed by atoms with E-state index in [-0.39, 0.29) is 17.3 Å². The van der Waals surface area contributed by atoms with Crippen LogP contribution in [0.1, 0.15) is 62.5 Å². The normalized spacial score (nSPS) is 22.5. The second-order valence-corrected chi connectivity index (χ2v) is 8.85. The zero-order valence-electron chi connectivity index (χ0n) is 17.5. The molecule has 5 rings (SSSR count). The van der Waals surface area contributed by atoms with Gasteiger partial charge in [0, 0.05) is 17.7 Å². The van der Waals surface area contributed by atoms with Crippen molar-refractivity contribution in [3.8, 4) is 5.82 Å². The standard InChI is InChI=1S/C25H27FN4/c1-16(2)23-28-15-22-25(29-21-9-6-14-27-24(21)30(22)23)12-10-18(11-13-25)17(3)19-7-4-5-8-20(19)26/h4-9,14-16,18,29H,3,10-13H2,1-2H3. The second kappa shape index (κ2) is 7.08. The van der Waals surface area contributed by atoms with Gasteiger partial charge in [-0.3, -0.25) is 4.57 Å². The van der Waals surface area contributed by atoms with Gasteiger partial charge in [-0.05, 0) is 55.4 Å². The van der Waals surface area contributed by atoms with E-state index in [1.54, 1.807) is 6.07 Å². The third-order valence-corrected chi connectivity index (χ3v) is 6.72. The minimum absolute atomic E-state index is 0.178. The van der Waals surface area contributed by atoms with Crippen LogP contribution in [0.5, 0.6) is 0 Å². The Morgan fingerprint density at radius 3 is 2.67 bits per heavy atom. The zero-order valence-corrected chi connectivity index (χ0v) is 17.5. The predicted molar refractivity (Wildman–Crippen MR) is 118 cm³/mol. The molecule has 0 saturated heterocycles. The highest BCUT2D eigenvalue weighted by Gasteiger charge is 2.44. The van der Waals surface area contributed by atoms with Crippen LogP contribution >= 0.6 is 0 Å². The third kappa shape index (κ3) is 2.87. The summed E-state index contributed by atoms with van der Waals surface area (Å²) in [6.07, 6.45) is 7.66. The Hall–Kier alpha value is -2.95. The molecule has 2 aliphatic rings. The number of nitrogens with one attached hydrogen (secondary N) is 1. The van der Waals surface area contributed by atoms with Crippen molar-refractivity contribution in [2.75, 3.05) is 5.32 Å². The first kappa shape index (κ1) is 19.0. The molecule has 3 heterocycles. The summed E-state index contributed by atoms with van der Waals surface area (Å²) in [6.45, 7) is 8.60. The fraction of sp³-hybridized carbons (Fsp3) is 0.360. The number of rotatable bonds is 3. The molecule has 0 amide bonds. The van der Waals surface area contributed by atoms with Crippen LogP contribution < -0.4 is 5.32 Å². The van der Waals surface area contributed by atoms with Crippen molar-refractivity contribution < 1.29 is 4.39 Å². The number of benzene rings is 1. The molecular formula is C25H27FN4. The Morgan fingerprint density at radius 1 is 1.17 bits per heavy atom. The summed E-state index contributed by atoms with van der Waals surface area (Å²) in [5, 5.41) is 3.80. The molecule has 0 atom stereocenters. The SMILES string of the molecule is C=C(c1ccccc1F)C1CCC2(CC1)Nc1cccnc1-n1c2cnc1C(C)C. The Balaban J connectivity index is 1.48. The van der Waals surface area contributed by atoms with Crippen molar-refractivity contribution in [1.29, 1.82) is 0 Å². The number of halogens is 1. The van der Waals surface area contributed by atoms with Crippen LogP contribution in [-0.2, 0) is 5.54 Å². The predicted octanol–water partition coefficient (Wildman–Crippen LogP) is 6.05. The number of imidazole rings is 1. The van der Waals surface area contributed by atoms with Crippen LogP contribution in [0.25, 0.3) is 11.4 Å². The van der Waals surface area contributed by atoms with Crippen molar-refractivity contribution in [1.82, 2.24) is 14.5 Å². The minimum atomic E-state index is -0.182. The van der Waals surface area contributed by atoms with Gasteiger partial charge in [-0.1, -0.05) is 38.6 Å². The van der Waals surface area contributed by atoms with Crippen LogP contribution in [0.3, 0.4) is 0 Å². The maximum absolute atomic E-state index is 14.3. The number of hydrogen-bond donors (Lipinski definition) is 1. The Labute approximate surface area is 176 Å². The molecule has 3 aromatic rings. The zero-order chi connectivity index (χ0) is 20.9. The molecule has 0 radical (unpaired) electrons. The molecule has 1 N–H and O–H groups in total. The summed E-state index contributed by atoms with van der Waals surface area (Å²) < 4.78 is 16.5. The van der Waals surface area contributed by atoms with E-state index in [2.05, 4.69) is 41.4 Å². The molecule has 30 heavy (non-hydrogen) atoms. The number of fused-ring (bicyclic) bond motifs is 4. The maximum atomic E-state index is 14.3. The lowest BCUT2D eigenvalue weighted by Gasteiger charge is -2.45. The lowest BCUT2D eigenvalue weighted by atomic mass is 9.71. The fourth-order valence-electron chi connectivity index (χ4n) is 5.11. The molecule has 1 fully saturated rings. The molecule has 1 spiro atoms. The number of allylic oxidation sites excluding steroid dienone is 1. The van der Waals surface area contributed by atoms with Crippen molar-refractivity contribution in [2.24, 2.45) is 5.92 Å². The molecule has 154 valence electrons. The van der Waals surface area contributed by atoms with Crippen molar-refractivity contribution in [3.05, 3.63) is 78.3 Å². The number of aromatic nitrogens is 3. The number of nitrogens with zero attached hydrogens (tertiary/aromatic N) is 3. The minimum Gasteiger partial charge on any atom is -0.371 e. The average molecular weight is 403 g/mol. The maximum Gasteiger partial charge on any atom is 0.161 e.